The maximum Gasteiger partial charge on any atom is 0.410 e. The van der Waals surface area contributed by atoms with Crippen LogP contribution in [0.1, 0.15) is 18.4 Å². The van der Waals surface area contributed by atoms with Crippen molar-refractivity contribution in [2.24, 2.45) is 0 Å². The lowest BCUT2D eigenvalue weighted by molar-refractivity contribution is -0.376. The van der Waals surface area contributed by atoms with Gasteiger partial charge in [0.2, 0.25) is 0 Å². The van der Waals surface area contributed by atoms with Crippen LogP contribution in [0.15, 0.2) is 30.3 Å². The third kappa shape index (κ3) is 2.97. The summed E-state index contributed by atoms with van der Waals surface area (Å²) in [6, 6.07) is 10.0. The average molecular weight is 235 g/mol. The maximum atomic E-state index is 11.9. The van der Waals surface area contributed by atoms with Gasteiger partial charge in [0.25, 0.3) is 0 Å². The van der Waals surface area contributed by atoms with E-state index in [0.29, 0.717) is 6.61 Å². The normalized spacial score (nSPS) is 19.4. The van der Waals surface area contributed by atoms with Gasteiger partial charge in [-0.25, -0.2) is 4.79 Å². The largest absolute Gasteiger partial charge is 0.445 e. The van der Waals surface area contributed by atoms with E-state index < -0.39 is 0 Å². The summed E-state index contributed by atoms with van der Waals surface area (Å²) in [5.74, 6) is 0. The van der Waals surface area contributed by atoms with Gasteiger partial charge in [-0.05, 0) is 18.4 Å². The number of benzene rings is 1. The summed E-state index contributed by atoms with van der Waals surface area (Å²) in [7, 11) is 0. The first-order valence-corrected chi connectivity index (χ1v) is 6.08. The summed E-state index contributed by atoms with van der Waals surface area (Å²) in [5.41, 5.74) is 4.89. The van der Waals surface area contributed by atoms with E-state index in [9.17, 15) is 4.79 Å². The molecule has 1 aliphatic heterocycles. The van der Waals surface area contributed by atoms with E-state index in [1.807, 2.05) is 30.3 Å². The monoisotopic (exact) mass is 235 g/mol. The Morgan fingerprint density at radius 1 is 1.41 bits per heavy atom. The summed E-state index contributed by atoms with van der Waals surface area (Å²) in [6.45, 7) is 1.91. The molecule has 1 amide bonds. The Bertz CT molecular complexity index is 367. The van der Waals surface area contributed by atoms with Crippen molar-refractivity contribution >= 4 is 6.09 Å². The molecular formula is C13H19N2O2+. The van der Waals surface area contributed by atoms with E-state index in [1.54, 1.807) is 4.90 Å². The minimum absolute atomic E-state index is 0.208. The van der Waals surface area contributed by atoms with Crippen LogP contribution in [0.2, 0.25) is 0 Å². The Hall–Kier alpha value is -1.55. The predicted molar refractivity (Wildman–Crippen MR) is 64.1 cm³/mol. The number of ether oxygens (including phenoxy) is 1. The fourth-order valence-electron chi connectivity index (χ4n) is 2.18. The number of likely N-dealkylation sites (tertiary alicyclic amines) is 1. The maximum absolute atomic E-state index is 11.9. The standard InChI is InChI=1S/C13H18N2O2/c14-9-12-7-4-8-15(12)13(16)17-10-11-5-2-1-3-6-11/h1-3,5-6,12H,4,7-10,14H2/p+1/t12-/m0/s1. The van der Waals surface area contributed by atoms with Crippen molar-refractivity contribution in [3.05, 3.63) is 35.9 Å². The summed E-state index contributed by atoms with van der Waals surface area (Å²) in [6.07, 6.45) is 1.89. The molecule has 92 valence electrons. The first kappa shape index (κ1) is 11.9. The fourth-order valence-corrected chi connectivity index (χ4v) is 2.18. The molecule has 0 bridgehead atoms. The van der Waals surface area contributed by atoms with Crippen molar-refractivity contribution < 1.29 is 15.3 Å². The van der Waals surface area contributed by atoms with Crippen molar-refractivity contribution in [3.8, 4) is 0 Å². The molecule has 4 nitrogen and oxygen atoms in total. The van der Waals surface area contributed by atoms with Gasteiger partial charge in [-0.3, -0.25) is 4.90 Å². The molecule has 0 aromatic heterocycles. The molecule has 1 aliphatic rings. The molecule has 1 heterocycles. The van der Waals surface area contributed by atoms with Crippen molar-refractivity contribution in [1.29, 1.82) is 0 Å². The molecule has 1 aromatic carbocycles. The van der Waals surface area contributed by atoms with Crippen LogP contribution in [0.4, 0.5) is 4.79 Å². The van der Waals surface area contributed by atoms with Gasteiger partial charge in [0.05, 0.1) is 12.6 Å². The zero-order valence-corrected chi connectivity index (χ0v) is 9.97. The number of amides is 1. The SMILES string of the molecule is [NH3+]C[C@@H]1CCCN1C(=O)OCc1ccccc1. The highest BCUT2D eigenvalue weighted by Crippen LogP contribution is 2.17. The molecule has 0 aliphatic carbocycles. The lowest BCUT2D eigenvalue weighted by atomic mass is 10.2. The van der Waals surface area contributed by atoms with Gasteiger partial charge in [-0.1, -0.05) is 30.3 Å². The molecule has 4 heteroatoms. The molecule has 1 fully saturated rings. The second-order valence-corrected chi connectivity index (χ2v) is 4.32. The second-order valence-electron chi connectivity index (χ2n) is 4.32. The van der Waals surface area contributed by atoms with E-state index in [1.165, 1.54) is 0 Å². The van der Waals surface area contributed by atoms with Crippen molar-refractivity contribution in [2.75, 3.05) is 13.1 Å². The Kier molecular flexibility index (Phi) is 3.98. The fraction of sp³-hybridized carbons (Fsp3) is 0.462. The van der Waals surface area contributed by atoms with Crippen molar-refractivity contribution in [1.82, 2.24) is 4.90 Å². The van der Waals surface area contributed by atoms with Crippen LogP contribution in [-0.2, 0) is 11.3 Å². The van der Waals surface area contributed by atoms with Crippen LogP contribution in [0, 0.1) is 0 Å². The zero-order chi connectivity index (χ0) is 12.1. The van der Waals surface area contributed by atoms with E-state index in [0.717, 1.165) is 31.5 Å². The lowest BCUT2D eigenvalue weighted by Gasteiger charge is -2.21. The minimum Gasteiger partial charge on any atom is -0.445 e. The molecule has 2 rings (SSSR count). The van der Waals surface area contributed by atoms with Crippen LogP contribution in [0.5, 0.6) is 0 Å². The van der Waals surface area contributed by atoms with Gasteiger partial charge < -0.3 is 10.5 Å². The van der Waals surface area contributed by atoms with E-state index in [2.05, 4.69) is 5.73 Å². The number of hydrogen-bond donors (Lipinski definition) is 1. The van der Waals surface area contributed by atoms with Gasteiger partial charge in [0.1, 0.15) is 6.61 Å². The first-order valence-electron chi connectivity index (χ1n) is 6.08. The Labute approximate surface area is 101 Å². The average Bonchev–Trinajstić information content (AvgIpc) is 2.85. The number of nitrogens with zero attached hydrogens (tertiary/aromatic N) is 1. The molecular weight excluding hydrogens is 216 g/mol. The summed E-state index contributed by atoms with van der Waals surface area (Å²) in [5, 5.41) is 0. The van der Waals surface area contributed by atoms with Crippen molar-refractivity contribution in [3.63, 3.8) is 0 Å². The molecule has 3 N–H and O–H groups in total. The molecule has 17 heavy (non-hydrogen) atoms. The highest BCUT2D eigenvalue weighted by molar-refractivity contribution is 5.68. The van der Waals surface area contributed by atoms with E-state index >= 15 is 0 Å². The number of rotatable bonds is 3. The van der Waals surface area contributed by atoms with Crippen LogP contribution in [0.25, 0.3) is 0 Å². The van der Waals surface area contributed by atoms with Gasteiger partial charge in [0.15, 0.2) is 0 Å². The van der Waals surface area contributed by atoms with Crippen LogP contribution in [-0.4, -0.2) is 30.1 Å². The molecule has 0 spiro atoms. The quantitative estimate of drug-likeness (QED) is 0.850. The van der Waals surface area contributed by atoms with Gasteiger partial charge in [-0.2, -0.15) is 0 Å². The Morgan fingerprint density at radius 3 is 2.88 bits per heavy atom. The van der Waals surface area contributed by atoms with Gasteiger partial charge in [0, 0.05) is 6.54 Å². The third-order valence-corrected chi connectivity index (χ3v) is 3.15. The number of carbonyl (C=O) groups is 1. The summed E-state index contributed by atoms with van der Waals surface area (Å²) >= 11 is 0. The smallest absolute Gasteiger partial charge is 0.410 e. The number of hydrogen-bond acceptors (Lipinski definition) is 2. The third-order valence-electron chi connectivity index (χ3n) is 3.15. The van der Waals surface area contributed by atoms with Crippen LogP contribution >= 0.6 is 0 Å². The van der Waals surface area contributed by atoms with Crippen LogP contribution < -0.4 is 5.73 Å². The first-order chi connectivity index (χ1) is 8.31. The highest BCUT2D eigenvalue weighted by atomic mass is 16.6. The Balaban J connectivity index is 1.85. The Morgan fingerprint density at radius 2 is 2.18 bits per heavy atom. The molecule has 1 atom stereocenters. The highest BCUT2D eigenvalue weighted by Gasteiger charge is 2.29. The molecule has 1 saturated heterocycles. The summed E-state index contributed by atoms with van der Waals surface area (Å²) in [4.78, 5) is 13.7. The van der Waals surface area contributed by atoms with E-state index in [4.69, 9.17) is 4.74 Å². The molecule has 0 saturated carbocycles. The molecule has 1 aromatic rings. The zero-order valence-electron chi connectivity index (χ0n) is 9.97. The van der Waals surface area contributed by atoms with Crippen molar-refractivity contribution in [2.45, 2.75) is 25.5 Å². The lowest BCUT2D eigenvalue weighted by Crippen LogP contribution is -2.59. The second kappa shape index (κ2) is 5.68. The molecule has 0 unspecified atom stereocenters. The number of quaternary nitrogens is 1. The van der Waals surface area contributed by atoms with Crippen LogP contribution in [0.3, 0.4) is 0 Å². The topological polar surface area (TPSA) is 57.2 Å². The van der Waals surface area contributed by atoms with E-state index in [-0.39, 0.29) is 12.1 Å². The van der Waals surface area contributed by atoms with Gasteiger partial charge >= 0.3 is 6.09 Å². The number of carbonyl (C=O) groups excluding carboxylic acids is 1. The predicted octanol–water partition coefficient (Wildman–Crippen LogP) is 1.03. The summed E-state index contributed by atoms with van der Waals surface area (Å²) < 4.78 is 5.30. The van der Waals surface area contributed by atoms with Gasteiger partial charge in [-0.15, -0.1) is 0 Å². The minimum atomic E-state index is -0.208. The molecule has 0 radical (unpaired) electrons.